The second-order valence-corrected chi connectivity index (χ2v) is 2.94. The number of esters is 1. The third kappa shape index (κ3) is 3.15. The van der Waals surface area contributed by atoms with Crippen LogP contribution in [0.15, 0.2) is 35.3 Å². The number of rotatable bonds is 3. The molecule has 1 amide bonds. The number of hydrogen-bond acceptors (Lipinski definition) is 4. The number of carbonyl (C=O) groups excluding carboxylic acids is 3. The summed E-state index contributed by atoms with van der Waals surface area (Å²) in [5.74, 6) is -1.47. The van der Waals surface area contributed by atoms with E-state index in [1.165, 1.54) is 6.92 Å². The van der Waals surface area contributed by atoms with Crippen LogP contribution in [0.5, 0.6) is 0 Å². The van der Waals surface area contributed by atoms with Crippen molar-refractivity contribution in [1.29, 1.82) is 0 Å². The van der Waals surface area contributed by atoms with Gasteiger partial charge in [-0.05, 0) is 0 Å². The Bertz CT molecular complexity index is 435. The van der Waals surface area contributed by atoms with Crippen LogP contribution >= 0.6 is 0 Å². The second kappa shape index (κ2) is 5.58. The monoisotopic (exact) mass is 219 g/mol. The number of benzene rings is 1. The largest absolute Gasteiger partial charge is 0.447 e. The van der Waals surface area contributed by atoms with Crippen LogP contribution in [0.4, 0.5) is 0 Å². The summed E-state index contributed by atoms with van der Waals surface area (Å²) in [6.45, 7) is 1.17. The normalized spacial score (nSPS) is 11.1. The molecule has 1 unspecified atom stereocenters. The number of carbonyl (C=O) groups is 2. The molecule has 1 aromatic rings. The number of isocyanates is 1. The van der Waals surface area contributed by atoms with Crippen molar-refractivity contribution in [2.24, 2.45) is 4.99 Å². The van der Waals surface area contributed by atoms with Crippen LogP contribution in [-0.2, 0) is 19.1 Å². The van der Waals surface area contributed by atoms with Crippen LogP contribution < -0.4 is 0 Å². The maximum Gasteiger partial charge on any atom is 0.303 e. The molecule has 1 atom stereocenters. The molecule has 0 N–H and O–H groups in total. The molecule has 16 heavy (non-hydrogen) atoms. The van der Waals surface area contributed by atoms with Gasteiger partial charge in [0.15, 0.2) is 0 Å². The van der Waals surface area contributed by atoms with E-state index >= 15 is 0 Å². The molecular weight excluding hydrogens is 210 g/mol. The van der Waals surface area contributed by atoms with Crippen LogP contribution in [0.3, 0.4) is 0 Å². The Morgan fingerprint density at radius 1 is 1.31 bits per heavy atom. The quantitative estimate of drug-likeness (QED) is 0.434. The fourth-order valence-corrected chi connectivity index (χ4v) is 1.16. The average molecular weight is 219 g/mol. The van der Waals surface area contributed by atoms with Gasteiger partial charge in [0.05, 0.1) is 0 Å². The van der Waals surface area contributed by atoms with E-state index < -0.39 is 18.0 Å². The first kappa shape index (κ1) is 11.8. The number of aliphatic imine (C=N–C) groups is 1. The SMILES string of the molecule is CC(=O)OC(C(=O)N=C=O)c1ccccc1. The van der Waals surface area contributed by atoms with Crippen molar-refractivity contribution in [2.75, 3.05) is 0 Å². The van der Waals surface area contributed by atoms with E-state index in [1.54, 1.807) is 30.3 Å². The van der Waals surface area contributed by atoms with E-state index in [9.17, 15) is 14.4 Å². The van der Waals surface area contributed by atoms with E-state index in [2.05, 4.69) is 4.99 Å². The zero-order valence-corrected chi connectivity index (χ0v) is 8.54. The highest BCUT2D eigenvalue weighted by molar-refractivity contribution is 5.88. The molecule has 0 spiro atoms. The van der Waals surface area contributed by atoms with Crippen LogP contribution in [-0.4, -0.2) is 18.0 Å². The third-order valence-electron chi connectivity index (χ3n) is 1.77. The molecule has 0 aliphatic carbocycles. The Morgan fingerprint density at radius 2 is 1.94 bits per heavy atom. The molecule has 1 aromatic carbocycles. The van der Waals surface area contributed by atoms with Crippen LogP contribution in [0, 0.1) is 0 Å². The van der Waals surface area contributed by atoms with E-state index in [0.29, 0.717) is 5.56 Å². The Morgan fingerprint density at radius 3 is 2.44 bits per heavy atom. The Balaban J connectivity index is 3.00. The highest BCUT2D eigenvalue weighted by atomic mass is 16.5. The molecule has 0 aliphatic rings. The Labute approximate surface area is 91.7 Å². The van der Waals surface area contributed by atoms with Crippen molar-refractivity contribution in [1.82, 2.24) is 0 Å². The molecule has 5 heteroatoms. The molecule has 0 aromatic heterocycles. The second-order valence-electron chi connectivity index (χ2n) is 2.94. The summed E-state index contributed by atoms with van der Waals surface area (Å²) in [5, 5.41) is 0. The van der Waals surface area contributed by atoms with Gasteiger partial charge in [-0.25, -0.2) is 4.79 Å². The molecule has 0 saturated carbocycles. The summed E-state index contributed by atoms with van der Waals surface area (Å²) in [4.78, 5) is 35.1. The highest BCUT2D eigenvalue weighted by Gasteiger charge is 2.23. The molecule has 1 rings (SSSR count). The van der Waals surface area contributed by atoms with Gasteiger partial charge < -0.3 is 4.74 Å². The lowest BCUT2D eigenvalue weighted by Crippen LogP contribution is -2.16. The molecule has 5 nitrogen and oxygen atoms in total. The first-order chi connectivity index (χ1) is 7.65. The molecule has 0 aliphatic heterocycles. The lowest BCUT2D eigenvalue weighted by Gasteiger charge is -2.12. The van der Waals surface area contributed by atoms with Crippen molar-refractivity contribution in [3.8, 4) is 0 Å². The molecule has 0 radical (unpaired) electrons. The molecule has 0 fully saturated rings. The van der Waals surface area contributed by atoms with Gasteiger partial charge in [0.1, 0.15) is 0 Å². The summed E-state index contributed by atoms with van der Waals surface area (Å²) in [6.07, 6.45) is -0.0553. The zero-order valence-electron chi connectivity index (χ0n) is 8.54. The third-order valence-corrected chi connectivity index (χ3v) is 1.77. The van der Waals surface area contributed by atoms with Gasteiger partial charge in [-0.1, -0.05) is 30.3 Å². The summed E-state index contributed by atoms with van der Waals surface area (Å²) in [7, 11) is 0. The smallest absolute Gasteiger partial charge is 0.303 e. The topological polar surface area (TPSA) is 72.8 Å². The highest BCUT2D eigenvalue weighted by Crippen LogP contribution is 2.18. The molecule has 82 valence electrons. The van der Waals surface area contributed by atoms with Gasteiger partial charge in [-0.2, -0.15) is 0 Å². The number of ether oxygens (including phenoxy) is 1. The van der Waals surface area contributed by atoms with Crippen molar-refractivity contribution in [3.63, 3.8) is 0 Å². The van der Waals surface area contributed by atoms with Gasteiger partial charge in [-0.3, -0.25) is 9.59 Å². The summed E-state index contributed by atoms with van der Waals surface area (Å²) >= 11 is 0. The van der Waals surface area contributed by atoms with Gasteiger partial charge in [0, 0.05) is 12.5 Å². The van der Waals surface area contributed by atoms with E-state index in [1.807, 2.05) is 0 Å². The predicted molar refractivity (Wildman–Crippen MR) is 54.1 cm³/mol. The standard InChI is InChI=1S/C11H9NO4/c1-8(14)16-10(11(15)12-7-13)9-5-3-2-4-6-9/h2-6,10H,1H3. The molecule has 0 saturated heterocycles. The summed E-state index contributed by atoms with van der Waals surface area (Å²) < 4.78 is 4.79. The van der Waals surface area contributed by atoms with Crippen LogP contribution in [0.1, 0.15) is 18.6 Å². The van der Waals surface area contributed by atoms with Crippen molar-refractivity contribution in [3.05, 3.63) is 35.9 Å². The summed E-state index contributed by atoms with van der Waals surface area (Å²) in [6, 6.07) is 8.33. The number of hydrogen-bond donors (Lipinski definition) is 0. The molecule has 0 heterocycles. The minimum absolute atomic E-state index is 0.460. The molecule has 0 bridgehead atoms. The zero-order chi connectivity index (χ0) is 12.0. The Kier molecular flexibility index (Phi) is 4.12. The minimum Gasteiger partial charge on any atom is -0.447 e. The summed E-state index contributed by atoms with van der Waals surface area (Å²) in [5.41, 5.74) is 0.460. The first-order valence-electron chi connectivity index (χ1n) is 4.49. The van der Waals surface area contributed by atoms with E-state index in [-0.39, 0.29) is 0 Å². The van der Waals surface area contributed by atoms with Crippen LogP contribution in [0.2, 0.25) is 0 Å². The number of nitrogens with zero attached hydrogens (tertiary/aromatic N) is 1. The number of amides is 1. The maximum atomic E-state index is 11.4. The average Bonchev–Trinajstić information content (AvgIpc) is 2.27. The van der Waals surface area contributed by atoms with Crippen molar-refractivity contribution >= 4 is 18.0 Å². The lowest BCUT2D eigenvalue weighted by molar-refractivity contribution is -0.153. The fourth-order valence-electron chi connectivity index (χ4n) is 1.16. The van der Waals surface area contributed by atoms with Crippen molar-refractivity contribution in [2.45, 2.75) is 13.0 Å². The predicted octanol–water partition coefficient (Wildman–Crippen LogP) is 1.15. The molecular formula is C11H9NO4. The minimum atomic E-state index is -1.18. The van der Waals surface area contributed by atoms with E-state index in [0.717, 1.165) is 6.08 Å². The maximum absolute atomic E-state index is 11.4. The van der Waals surface area contributed by atoms with Crippen LogP contribution in [0.25, 0.3) is 0 Å². The Hall–Kier alpha value is -2.26. The van der Waals surface area contributed by atoms with Gasteiger partial charge in [0.2, 0.25) is 12.2 Å². The van der Waals surface area contributed by atoms with Gasteiger partial charge >= 0.3 is 11.9 Å². The fraction of sp³-hybridized carbons (Fsp3) is 0.182. The van der Waals surface area contributed by atoms with Gasteiger partial charge in [0.25, 0.3) is 0 Å². The lowest BCUT2D eigenvalue weighted by atomic mass is 10.1. The van der Waals surface area contributed by atoms with Crippen molar-refractivity contribution < 1.29 is 19.1 Å². The van der Waals surface area contributed by atoms with E-state index in [4.69, 9.17) is 4.74 Å². The van der Waals surface area contributed by atoms with Gasteiger partial charge in [-0.15, -0.1) is 4.99 Å². The first-order valence-corrected chi connectivity index (χ1v) is 4.49.